The van der Waals surface area contributed by atoms with Crippen LogP contribution in [0.2, 0.25) is 0 Å². The van der Waals surface area contributed by atoms with Gasteiger partial charge in [-0.05, 0) is 76.7 Å². The zero-order chi connectivity index (χ0) is 23.8. The molecule has 1 aromatic heterocycles. The fourth-order valence-corrected chi connectivity index (χ4v) is 5.18. The van der Waals surface area contributed by atoms with Crippen LogP contribution in [0.1, 0.15) is 5.56 Å². The van der Waals surface area contributed by atoms with E-state index >= 15 is 0 Å². The van der Waals surface area contributed by atoms with Gasteiger partial charge < -0.3 is 10.1 Å². The predicted octanol–water partition coefficient (Wildman–Crippen LogP) is 5.16. The number of hydrazone groups is 1. The Balaban J connectivity index is 1.19. The van der Waals surface area contributed by atoms with Crippen LogP contribution in [0.3, 0.4) is 0 Å². The van der Waals surface area contributed by atoms with Crippen LogP contribution in [0.15, 0.2) is 82.2 Å². The number of nitrogens with zero attached hydrogens (tertiary/aromatic N) is 2. The van der Waals surface area contributed by atoms with Crippen molar-refractivity contribution in [1.29, 1.82) is 0 Å². The molecule has 1 heterocycles. The Morgan fingerprint density at radius 1 is 1.03 bits per heavy atom. The second kappa shape index (κ2) is 12.0. The van der Waals surface area contributed by atoms with Crippen LogP contribution < -0.4 is 15.5 Å². The molecule has 2 amide bonds. The van der Waals surface area contributed by atoms with Crippen molar-refractivity contribution in [3.63, 3.8) is 0 Å². The number of rotatable bonds is 9. The van der Waals surface area contributed by atoms with Crippen LogP contribution in [-0.4, -0.2) is 35.4 Å². The van der Waals surface area contributed by atoms with E-state index in [1.54, 1.807) is 41.8 Å². The number of aromatic nitrogens is 1. The molecule has 2 N–H and O–H groups in total. The van der Waals surface area contributed by atoms with E-state index in [2.05, 4.69) is 43.4 Å². The number of carbonyl (C=O) groups is 2. The minimum atomic E-state index is -0.235. The van der Waals surface area contributed by atoms with Crippen molar-refractivity contribution in [2.24, 2.45) is 5.10 Å². The number of nitrogens with one attached hydrogen (secondary N) is 2. The third-order valence-electron chi connectivity index (χ3n) is 4.40. The summed E-state index contributed by atoms with van der Waals surface area (Å²) >= 11 is 5.11. The molecule has 10 heteroatoms. The van der Waals surface area contributed by atoms with Gasteiger partial charge in [-0.1, -0.05) is 36.0 Å². The molecule has 0 saturated heterocycles. The molecular weight excluding hydrogens is 583 g/mol. The van der Waals surface area contributed by atoms with Crippen LogP contribution in [0.4, 0.5) is 5.69 Å². The molecule has 0 bridgehead atoms. The van der Waals surface area contributed by atoms with Crippen molar-refractivity contribution in [2.75, 3.05) is 17.7 Å². The van der Waals surface area contributed by atoms with Crippen molar-refractivity contribution in [1.82, 2.24) is 10.4 Å². The van der Waals surface area contributed by atoms with E-state index in [0.717, 1.165) is 29.4 Å². The highest BCUT2D eigenvalue weighted by Crippen LogP contribution is 2.29. The van der Waals surface area contributed by atoms with Crippen LogP contribution in [-0.2, 0) is 9.59 Å². The number of hydrogen-bond donors (Lipinski definition) is 2. The molecule has 0 unspecified atom stereocenters. The summed E-state index contributed by atoms with van der Waals surface area (Å²) in [5.41, 5.74) is 5.00. The van der Waals surface area contributed by atoms with Gasteiger partial charge in [0.1, 0.15) is 5.75 Å². The molecule has 4 aromatic rings. The maximum absolute atomic E-state index is 12.1. The van der Waals surface area contributed by atoms with Gasteiger partial charge in [-0.25, -0.2) is 10.4 Å². The quantitative estimate of drug-likeness (QED) is 0.120. The molecular formula is C24H19IN4O3S2. The summed E-state index contributed by atoms with van der Waals surface area (Å²) in [6, 6.07) is 22.5. The number of thioether (sulfide) groups is 1. The minimum Gasteiger partial charge on any atom is -0.484 e. The molecule has 172 valence electrons. The average molecular weight is 602 g/mol. The molecule has 0 saturated carbocycles. The summed E-state index contributed by atoms with van der Waals surface area (Å²) in [5, 5.41) is 6.81. The molecule has 0 spiro atoms. The monoisotopic (exact) mass is 602 g/mol. The lowest BCUT2D eigenvalue weighted by Crippen LogP contribution is -2.20. The molecule has 0 fully saturated rings. The third-order valence-corrected chi connectivity index (χ3v) is 7.52. The van der Waals surface area contributed by atoms with Crippen molar-refractivity contribution >= 4 is 79.6 Å². The zero-order valence-corrected chi connectivity index (χ0v) is 21.5. The number of thiazole rings is 1. The number of ether oxygens (including phenoxy) is 1. The van der Waals surface area contributed by atoms with Crippen LogP contribution >= 0.6 is 45.7 Å². The van der Waals surface area contributed by atoms with E-state index in [4.69, 9.17) is 4.74 Å². The highest BCUT2D eigenvalue weighted by Gasteiger charge is 2.08. The predicted molar refractivity (Wildman–Crippen MR) is 146 cm³/mol. The summed E-state index contributed by atoms with van der Waals surface area (Å²) < 4.78 is 8.44. The lowest BCUT2D eigenvalue weighted by atomic mass is 10.2. The zero-order valence-electron chi connectivity index (χ0n) is 17.7. The topological polar surface area (TPSA) is 92.7 Å². The Morgan fingerprint density at radius 3 is 2.59 bits per heavy atom. The molecule has 34 heavy (non-hydrogen) atoms. The number of fused-ring (bicyclic) bond motifs is 1. The van der Waals surface area contributed by atoms with Crippen molar-refractivity contribution in [2.45, 2.75) is 4.34 Å². The van der Waals surface area contributed by atoms with Gasteiger partial charge in [0.15, 0.2) is 10.9 Å². The standard InChI is InChI=1S/C24H19IN4O3S2/c25-18-5-1-2-6-19(18)27-22(30)14-32-17-11-9-16(10-12-17)13-26-29-23(31)15-33-24-28-20-7-3-4-8-21(20)34-24/h1-13H,14-15H2,(H,27,30)(H,29,31)/b26-13-. The first kappa shape index (κ1) is 24.2. The Labute approximate surface area is 218 Å². The van der Waals surface area contributed by atoms with Crippen molar-refractivity contribution in [3.05, 3.63) is 81.9 Å². The smallest absolute Gasteiger partial charge is 0.262 e. The highest BCUT2D eigenvalue weighted by atomic mass is 127. The van der Waals surface area contributed by atoms with E-state index in [1.807, 2.05) is 48.5 Å². The normalized spacial score (nSPS) is 11.0. The number of amides is 2. The van der Waals surface area contributed by atoms with Gasteiger partial charge in [0.2, 0.25) is 0 Å². The Hall–Kier alpha value is -2.96. The number of halogens is 1. The summed E-state index contributed by atoms with van der Waals surface area (Å²) in [4.78, 5) is 28.6. The van der Waals surface area contributed by atoms with Gasteiger partial charge in [0.25, 0.3) is 11.8 Å². The maximum Gasteiger partial charge on any atom is 0.262 e. The van der Waals surface area contributed by atoms with Crippen molar-refractivity contribution in [3.8, 4) is 5.75 Å². The largest absolute Gasteiger partial charge is 0.484 e. The SMILES string of the molecule is O=C(CSc1nc2ccccc2s1)N/N=C\c1ccc(OCC(=O)Nc2ccccc2I)cc1. The Bertz CT molecular complexity index is 1290. The Kier molecular flexibility index (Phi) is 8.50. The number of anilines is 1. The first-order chi connectivity index (χ1) is 16.6. The van der Waals surface area contributed by atoms with E-state index < -0.39 is 0 Å². The van der Waals surface area contributed by atoms with Crippen molar-refractivity contribution < 1.29 is 14.3 Å². The van der Waals surface area contributed by atoms with Gasteiger partial charge in [-0.3, -0.25) is 9.59 Å². The maximum atomic E-state index is 12.1. The van der Waals surface area contributed by atoms with Gasteiger partial charge in [-0.2, -0.15) is 5.10 Å². The number of carbonyl (C=O) groups excluding carboxylic acids is 2. The lowest BCUT2D eigenvalue weighted by molar-refractivity contribution is -0.119. The second-order valence-electron chi connectivity index (χ2n) is 6.92. The molecule has 0 atom stereocenters. The fraction of sp³-hybridized carbons (Fsp3) is 0.0833. The van der Waals surface area contributed by atoms with Crippen LogP contribution in [0, 0.1) is 3.57 Å². The molecule has 0 aliphatic rings. The Morgan fingerprint density at radius 2 is 1.79 bits per heavy atom. The summed E-state index contributed by atoms with van der Waals surface area (Å²) in [5.74, 6) is 0.348. The number of benzene rings is 3. The number of hydrogen-bond acceptors (Lipinski definition) is 7. The average Bonchev–Trinajstić information content (AvgIpc) is 3.27. The van der Waals surface area contributed by atoms with E-state index in [-0.39, 0.29) is 24.2 Å². The molecule has 0 aliphatic heterocycles. The fourth-order valence-electron chi connectivity index (χ4n) is 2.80. The van der Waals surface area contributed by atoms with E-state index in [9.17, 15) is 9.59 Å². The molecule has 0 aliphatic carbocycles. The summed E-state index contributed by atoms with van der Waals surface area (Å²) in [7, 11) is 0. The summed E-state index contributed by atoms with van der Waals surface area (Å²) in [6.45, 7) is -0.0964. The first-order valence-electron chi connectivity index (χ1n) is 10.1. The third kappa shape index (κ3) is 7.02. The van der Waals surface area contributed by atoms with E-state index in [0.29, 0.717) is 5.75 Å². The van der Waals surface area contributed by atoms with Gasteiger partial charge in [0, 0.05) is 3.57 Å². The second-order valence-corrected chi connectivity index (χ2v) is 10.3. The number of para-hydroxylation sites is 2. The molecule has 0 radical (unpaired) electrons. The van der Waals surface area contributed by atoms with Gasteiger partial charge in [0.05, 0.1) is 27.9 Å². The lowest BCUT2D eigenvalue weighted by Gasteiger charge is -2.09. The van der Waals surface area contributed by atoms with Crippen LogP contribution in [0.25, 0.3) is 10.2 Å². The van der Waals surface area contributed by atoms with Crippen LogP contribution in [0.5, 0.6) is 5.75 Å². The molecule has 3 aromatic carbocycles. The molecule has 7 nitrogen and oxygen atoms in total. The summed E-state index contributed by atoms with van der Waals surface area (Å²) in [6.07, 6.45) is 1.55. The minimum absolute atomic E-state index is 0.0964. The van der Waals surface area contributed by atoms with E-state index in [1.165, 1.54) is 11.8 Å². The van der Waals surface area contributed by atoms with Gasteiger partial charge in [-0.15, -0.1) is 11.3 Å². The molecule has 4 rings (SSSR count). The van der Waals surface area contributed by atoms with Gasteiger partial charge >= 0.3 is 0 Å². The first-order valence-corrected chi connectivity index (χ1v) is 13.0. The highest BCUT2D eigenvalue weighted by molar-refractivity contribution is 14.1.